The number of hydrogen-bond acceptors (Lipinski definition) is 2. The first-order chi connectivity index (χ1) is 40.8. The highest BCUT2D eigenvalue weighted by molar-refractivity contribution is 6.17. The predicted octanol–water partition coefficient (Wildman–Crippen LogP) is 21.8. The molecular weight excluding hydrogens is 1070 g/mol. The molecule has 14 rings (SSSR count). The summed E-state index contributed by atoms with van der Waals surface area (Å²) in [7, 11) is 0. The van der Waals surface area contributed by atoms with Crippen molar-refractivity contribution in [2.75, 3.05) is 0 Å². The predicted molar refractivity (Wildman–Crippen MR) is 331 cm³/mol. The van der Waals surface area contributed by atoms with Crippen LogP contribution in [0.3, 0.4) is 0 Å². The van der Waals surface area contributed by atoms with E-state index in [9.17, 15) is 13.2 Å². The van der Waals surface area contributed by atoms with Gasteiger partial charge < -0.3 is 9.47 Å². The Morgan fingerprint density at radius 1 is 0.424 bits per heavy atom. The number of halogens is 6. The Bertz CT molecular complexity index is 4410. The summed E-state index contributed by atoms with van der Waals surface area (Å²) in [6.07, 6.45) is -2.90. The van der Waals surface area contributed by atoms with Crippen LogP contribution >= 0.6 is 0 Å². The van der Waals surface area contributed by atoms with Gasteiger partial charge in [-0.15, -0.1) is 0 Å². The lowest BCUT2D eigenvalue weighted by Crippen LogP contribution is -2.28. The van der Waals surface area contributed by atoms with Crippen molar-refractivity contribution in [3.8, 4) is 72.9 Å². The lowest BCUT2D eigenvalue weighted by atomic mass is 9.70. The van der Waals surface area contributed by atoms with Gasteiger partial charge in [-0.3, -0.25) is 0 Å². The van der Waals surface area contributed by atoms with Crippen LogP contribution in [0, 0.1) is 0 Å². The van der Waals surface area contributed by atoms with Gasteiger partial charge in [0.15, 0.2) is 0 Å². The molecule has 0 aliphatic heterocycles. The Morgan fingerprint density at radius 2 is 0.918 bits per heavy atom. The Balaban J connectivity index is 0.783. The quantitative estimate of drug-likeness (QED) is 0.120. The minimum atomic E-state index is -4.77. The molecule has 422 valence electrons. The van der Waals surface area contributed by atoms with Gasteiger partial charge in [0.25, 0.3) is 0 Å². The third-order valence-electron chi connectivity index (χ3n) is 18.8. The smallest absolute Gasteiger partial charge is 0.420 e. The molecule has 85 heavy (non-hydrogen) atoms. The maximum Gasteiger partial charge on any atom is 0.420 e. The second-order valence-corrected chi connectivity index (χ2v) is 24.4. The number of hydrogen-bond donors (Lipinski definition) is 0. The van der Waals surface area contributed by atoms with Crippen LogP contribution < -0.4 is 9.47 Å². The first-order valence-electron chi connectivity index (χ1n) is 29.2. The van der Waals surface area contributed by atoms with Crippen LogP contribution in [0.5, 0.6) is 17.2 Å². The van der Waals surface area contributed by atoms with Crippen LogP contribution in [0.15, 0.2) is 206 Å². The average molecular weight is 1130 g/mol. The molecule has 10 aromatic carbocycles. The summed E-state index contributed by atoms with van der Waals surface area (Å²) in [5, 5.41) is 1.64. The van der Waals surface area contributed by atoms with E-state index >= 15 is 13.2 Å². The molecule has 0 aromatic heterocycles. The normalized spacial score (nSPS) is 14.6. The van der Waals surface area contributed by atoms with E-state index < -0.39 is 34.5 Å². The zero-order chi connectivity index (χ0) is 59.0. The minimum absolute atomic E-state index is 0.0733. The fourth-order valence-electron chi connectivity index (χ4n) is 13.7. The molecule has 0 N–H and O–H groups in total. The molecule has 4 aliphatic rings. The molecule has 0 atom stereocenters. The molecule has 0 unspecified atom stereocenters. The molecular formula is C77H60F6O2. The van der Waals surface area contributed by atoms with Gasteiger partial charge in [0, 0.05) is 0 Å². The van der Waals surface area contributed by atoms with E-state index in [1.165, 1.54) is 62.7 Å². The van der Waals surface area contributed by atoms with E-state index in [1.807, 2.05) is 55.5 Å². The van der Waals surface area contributed by atoms with Gasteiger partial charge in [-0.05, 0) is 221 Å². The highest BCUT2D eigenvalue weighted by atomic mass is 19.4. The van der Waals surface area contributed by atoms with Gasteiger partial charge in [0.1, 0.15) is 22.8 Å². The van der Waals surface area contributed by atoms with Crippen molar-refractivity contribution < 1.29 is 35.8 Å². The van der Waals surface area contributed by atoms with Crippen LogP contribution in [0.2, 0.25) is 0 Å². The Hall–Kier alpha value is -8.88. The first-order valence-corrected chi connectivity index (χ1v) is 29.2. The molecule has 0 bridgehead atoms. The molecule has 0 fully saturated rings. The van der Waals surface area contributed by atoms with E-state index in [1.54, 1.807) is 38.1 Å². The van der Waals surface area contributed by atoms with Gasteiger partial charge in [-0.2, -0.15) is 26.3 Å². The van der Waals surface area contributed by atoms with Crippen molar-refractivity contribution in [1.82, 2.24) is 0 Å². The van der Waals surface area contributed by atoms with Gasteiger partial charge in [0.05, 0.1) is 16.5 Å². The van der Waals surface area contributed by atoms with E-state index in [-0.39, 0.29) is 22.7 Å². The zero-order valence-corrected chi connectivity index (χ0v) is 48.0. The Morgan fingerprint density at radius 3 is 1.53 bits per heavy atom. The minimum Gasteiger partial charge on any atom is -0.487 e. The molecule has 4 aliphatic carbocycles. The molecule has 0 saturated heterocycles. The molecule has 0 radical (unpaired) electrons. The van der Waals surface area contributed by atoms with Crippen LogP contribution in [-0.2, 0) is 36.0 Å². The standard InChI is InChI=1S/C77H60F6O2/c1-7-73(3,4)53-29-17-45(18-30-53)49-25-35-59-60-36-26-50(42-66(60)75(65(59)41-49)63-15-11-9-13-57(63)58-14-10-12-16-64(58)75)46-19-31-54(32-20-46)84-69-39-27-51(43-67(69)76(78,79)80)55-33-21-47-24-38-62-56(34-22-48-23-37-61(55)71(47)72(48)62)52-28-40-70(85-74(5,6)8-2)68(44-52)77(81,82)83/h9-21,23,25-44H,7-8,22,24H2,1-6H3. The van der Waals surface area contributed by atoms with Crippen LogP contribution in [0.1, 0.15) is 116 Å². The van der Waals surface area contributed by atoms with Crippen LogP contribution in [0.25, 0.3) is 77.6 Å². The number of benzene rings is 10. The molecule has 8 heteroatoms. The van der Waals surface area contributed by atoms with Crippen molar-refractivity contribution in [3.63, 3.8) is 0 Å². The number of allylic oxidation sites excluding steroid dienone is 4. The third kappa shape index (κ3) is 8.76. The molecule has 0 heterocycles. The van der Waals surface area contributed by atoms with Crippen molar-refractivity contribution >= 4 is 21.9 Å². The summed E-state index contributed by atoms with van der Waals surface area (Å²) >= 11 is 0. The summed E-state index contributed by atoms with van der Waals surface area (Å²) in [5.41, 5.74) is 17.7. The average Bonchev–Trinajstić information content (AvgIpc) is 1.56. The summed E-state index contributed by atoms with van der Waals surface area (Å²) in [5.74, 6) is -0.294. The highest BCUT2D eigenvalue weighted by Crippen LogP contribution is 2.64. The number of fused-ring (bicyclic) bond motifs is 10. The summed E-state index contributed by atoms with van der Waals surface area (Å²) < 4.78 is 102. The summed E-state index contributed by atoms with van der Waals surface area (Å²) in [6.45, 7) is 12.2. The highest BCUT2D eigenvalue weighted by Gasteiger charge is 2.52. The van der Waals surface area contributed by atoms with Crippen molar-refractivity contribution in [2.45, 2.75) is 96.0 Å². The summed E-state index contributed by atoms with van der Waals surface area (Å²) in [6, 6.07) is 63.4. The van der Waals surface area contributed by atoms with Gasteiger partial charge in [-0.1, -0.05) is 185 Å². The van der Waals surface area contributed by atoms with Crippen LogP contribution in [0.4, 0.5) is 26.3 Å². The third-order valence-corrected chi connectivity index (χ3v) is 18.8. The van der Waals surface area contributed by atoms with E-state index in [0.29, 0.717) is 41.5 Å². The molecule has 0 amide bonds. The topological polar surface area (TPSA) is 18.5 Å². The van der Waals surface area contributed by atoms with Gasteiger partial charge in [-0.25, -0.2) is 0 Å². The largest absolute Gasteiger partial charge is 0.487 e. The van der Waals surface area contributed by atoms with Crippen LogP contribution in [-0.4, -0.2) is 5.60 Å². The van der Waals surface area contributed by atoms with E-state index in [2.05, 4.69) is 130 Å². The Labute approximate surface area is 491 Å². The lowest BCUT2D eigenvalue weighted by Gasteiger charge is -2.31. The fourth-order valence-corrected chi connectivity index (χ4v) is 13.7. The summed E-state index contributed by atoms with van der Waals surface area (Å²) in [4.78, 5) is 0. The maximum absolute atomic E-state index is 15.3. The number of ether oxygens (including phenoxy) is 2. The second kappa shape index (κ2) is 19.6. The molecule has 2 nitrogen and oxygen atoms in total. The molecule has 10 aromatic rings. The van der Waals surface area contributed by atoms with Gasteiger partial charge in [0.2, 0.25) is 0 Å². The first kappa shape index (κ1) is 54.1. The fraction of sp³-hybridized carbons (Fsp3) is 0.195. The number of alkyl halides is 6. The van der Waals surface area contributed by atoms with Crippen molar-refractivity contribution in [3.05, 3.63) is 267 Å². The van der Waals surface area contributed by atoms with Gasteiger partial charge >= 0.3 is 12.4 Å². The second-order valence-electron chi connectivity index (χ2n) is 24.4. The zero-order valence-electron chi connectivity index (χ0n) is 48.0. The number of rotatable bonds is 11. The van der Waals surface area contributed by atoms with E-state index in [0.717, 1.165) is 73.3 Å². The molecule has 1 spiro atoms. The lowest BCUT2D eigenvalue weighted by molar-refractivity contribution is -0.140. The Kier molecular flexibility index (Phi) is 12.5. The van der Waals surface area contributed by atoms with E-state index in [4.69, 9.17) is 9.47 Å². The molecule has 0 saturated carbocycles. The van der Waals surface area contributed by atoms with Crippen molar-refractivity contribution in [1.29, 1.82) is 0 Å². The maximum atomic E-state index is 15.3. The monoisotopic (exact) mass is 1130 g/mol. The SMILES string of the molecule is CCC(C)(C)Oc1ccc(C2=CCc3ccc4c(-c5ccc(Oc6ccc(-c7ccc8c(c7)C7(c9ccccc9-c9ccccc97)c7cc(-c9ccc(C(C)(C)CC)cc9)ccc7-8)cc6)c(C(F)(F)F)c5)ccc5c4c3C2=CC5)cc1C(F)(F)F. The van der Waals surface area contributed by atoms with Crippen molar-refractivity contribution in [2.24, 2.45) is 0 Å².